The van der Waals surface area contributed by atoms with Crippen LogP contribution < -0.4 is 10.5 Å². The van der Waals surface area contributed by atoms with Crippen molar-refractivity contribution in [3.05, 3.63) is 29.6 Å². The minimum Gasteiger partial charge on any atom is -0.481 e. The first kappa shape index (κ1) is 10.2. The molecule has 0 bridgehead atoms. The number of rotatable bonds is 4. The zero-order valence-electron chi connectivity index (χ0n) is 7.20. The quantitative estimate of drug-likeness (QED) is 0.714. The van der Waals surface area contributed by atoms with Gasteiger partial charge in [0.2, 0.25) is 0 Å². The summed E-state index contributed by atoms with van der Waals surface area (Å²) in [4.78, 5) is 20.6. The number of aldehydes is 1. The van der Waals surface area contributed by atoms with Gasteiger partial charge in [0.05, 0.1) is 0 Å². The molecule has 1 rings (SSSR count). The van der Waals surface area contributed by atoms with Crippen LogP contribution in [-0.4, -0.2) is 18.8 Å². The molecule has 0 saturated carbocycles. The highest BCUT2D eigenvalue weighted by molar-refractivity contribution is 5.76. The molecule has 0 aromatic heterocycles. The summed E-state index contributed by atoms with van der Waals surface area (Å²) in [6.45, 7) is -0.392. The van der Waals surface area contributed by atoms with Crippen molar-refractivity contribution in [1.82, 2.24) is 0 Å². The Labute approximate surface area is 79.5 Å². The first-order chi connectivity index (χ1) is 6.63. The van der Waals surface area contributed by atoms with E-state index < -0.39 is 18.3 Å². The zero-order valence-corrected chi connectivity index (χ0v) is 7.20. The molecule has 0 unspecified atom stereocenters. The number of ether oxygens (including phenoxy) is 1. The number of carbonyl (C=O) groups is 2. The number of amides is 1. The Hall–Kier alpha value is -1.91. The number of halogens is 1. The molecule has 0 atom stereocenters. The average Bonchev–Trinajstić information content (AvgIpc) is 2.15. The first-order valence-corrected chi connectivity index (χ1v) is 3.79. The predicted molar refractivity (Wildman–Crippen MR) is 46.5 cm³/mol. The van der Waals surface area contributed by atoms with Crippen LogP contribution in [0, 0.1) is 5.82 Å². The SMILES string of the molecule is NC(=O)COc1ccc(C=O)cc1F. The predicted octanol–water partition coefficient (Wildman–Crippen LogP) is 0.502. The molecule has 0 spiro atoms. The Bertz CT molecular complexity index is 365. The summed E-state index contributed by atoms with van der Waals surface area (Å²) in [7, 11) is 0. The van der Waals surface area contributed by atoms with Crippen LogP contribution in [0.25, 0.3) is 0 Å². The molecule has 1 aromatic rings. The van der Waals surface area contributed by atoms with E-state index in [0.717, 1.165) is 6.07 Å². The second-order valence-electron chi connectivity index (χ2n) is 2.56. The summed E-state index contributed by atoms with van der Waals surface area (Å²) >= 11 is 0. The van der Waals surface area contributed by atoms with Crippen molar-refractivity contribution >= 4 is 12.2 Å². The Morgan fingerprint density at radius 3 is 2.79 bits per heavy atom. The third-order valence-corrected chi connectivity index (χ3v) is 1.46. The maximum Gasteiger partial charge on any atom is 0.255 e. The number of carbonyl (C=O) groups excluding carboxylic acids is 2. The maximum absolute atomic E-state index is 13.1. The molecule has 0 radical (unpaired) electrons. The van der Waals surface area contributed by atoms with Gasteiger partial charge in [-0.15, -0.1) is 0 Å². The summed E-state index contributed by atoms with van der Waals surface area (Å²) in [5, 5.41) is 0. The molecule has 74 valence electrons. The molecule has 0 heterocycles. The van der Waals surface area contributed by atoms with Crippen LogP contribution in [0.15, 0.2) is 18.2 Å². The summed E-state index contributed by atoms with van der Waals surface area (Å²) in [6, 6.07) is 3.66. The summed E-state index contributed by atoms with van der Waals surface area (Å²) in [5.41, 5.74) is 5.01. The lowest BCUT2D eigenvalue weighted by molar-refractivity contribution is -0.120. The lowest BCUT2D eigenvalue weighted by atomic mass is 10.2. The fourth-order valence-corrected chi connectivity index (χ4v) is 0.856. The van der Waals surface area contributed by atoms with E-state index in [0.29, 0.717) is 6.29 Å². The number of hydrogen-bond donors (Lipinski definition) is 1. The van der Waals surface area contributed by atoms with Gasteiger partial charge >= 0.3 is 0 Å². The fraction of sp³-hybridized carbons (Fsp3) is 0.111. The highest BCUT2D eigenvalue weighted by Gasteiger charge is 2.05. The van der Waals surface area contributed by atoms with Crippen LogP contribution in [0.3, 0.4) is 0 Å². The van der Waals surface area contributed by atoms with Crippen LogP contribution in [0.5, 0.6) is 5.75 Å². The molecule has 0 aliphatic rings. The third kappa shape index (κ3) is 2.55. The standard InChI is InChI=1S/C9H8FNO3/c10-7-3-6(4-12)1-2-8(7)14-5-9(11)13/h1-4H,5H2,(H2,11,13). The molecule has 1 amide bonds. The fourth-order valence-electron chi connectivity index (χ4n) is 0.856. The van der Waals surface area contributed by atoms with Crippen LogP contribution in [0.2, 0.25) is 0 Å². The Morgan fingerprint density at radius 2 is 2.29 bits per heavy atom. The molecule has 0 aliphatic heterocycles. The van der Waals surface area contributed by atoms with Crippen LogP contribution in [0.1, 0.15) is 10.4 Å². The summed E-state index contributed by atoms with van der Waals surface area (Å²) in [5.74, 6) is -1.49. The molecule has 0 fully saturated rings. The molecule has 2 N–H and O–H groups in total. The summed E-state index contributed by atoms with van der Waals surface area (Å²) in [6.07, 6.45) is 0.515. The van der Waals surface area contributed by atoms with Crippen LogP contribution >= 0.6 is 0 Å². The van der Waals surface area contributed by atoms with Gasteiger partial charge in [0.25, 0.3) is 5.91 Å². The van der Waals surface area contributed by atoms with E-state index >= 15 is 0 Å². The lowest BCUT2D eigenvalue weighted by Crippen LogP contribution is -2.20. The molecular weight excluding hydrogens is 189 g/mol. The smallest absolute Gasteiger partial charge is 0.255 e. The molecular formula is C9H8FNO3. The van der Waals surface area contributed by atoms with E-state index in [4.69, 9.17) is 10.5 Å². The first-order valence-electron chi connectivity index (χ1n) is 3.79. The van der Waals surface area contributed by atoms with Gasteiger partial charge in [-0.05, 0) is 18.2 Å². The largest absolute Gasteiger partial charge is 0.481 e. The maximum atomic E-state index is 13.1. The van der Waals surface area contributed by atoms with E-state index in [1.54, 1.807) is 0 Å². The minimum atomic E-state index is -0.698. The van der Waals surface area contributed by atoms with Crippen molar-refractivity contribution < 1.29 is 18.7 Å². The molecule has 4 nitrogen and oxygen atoms in total. The lowest BCUT2D eigenvalue weighted by Gasteiger charge is -2.04. The van der Waals surface area contributed by atoms with E-state index in [2.05, 4.69) is 0 Å². The number of primary amides is 1. The topological polar surface area (TPSA) is 69.4 Å². The average molecular weight is 197 g/mol. The van der Waals surface area contributed by atoms with E-state index in [1.165, 1.54) is 12.1 Å². The van der Waals surface area contributed by atoms with Gasteiger partial charge in [0.15, 0.2) is 18.2 Å². The zero-order chi connectivity index (χ0) is 10.6. The highest BCUT2D eigenvalue weighted by Crippen LogP contribution is 2.17. The molecule has 5 heteroatoms. The Kier molecular flexibility index (Phi) is 3.17. The van der Waals surface area contributed by atoms with Crippen molar-refractivity contribution in [3.8, 4) is 5.75 Å². The normalized spacial score (nSPS) is 9.50. The number of nitrogens with two attached hydrogens (primary N) is 1. The number of benzene rings is 1. The van der Waals surface area contributed by atoms with Gasteiger partial charge in [-0.25, -0.2) is 4.39 Å². The van der Waals surface area contributed by atoms with E-state index in [-0.39, 0.29) is 11.3 Å². The van der Waals surface area contributed by atoms with Crippen LogP contribution in [-0.2, 0) is 4.79 Å². The van der Waals surface area contributed by atoms with Crippen molar-refractivity contribution in [1.29, 1.82) is 0 Å². The van der Waals surface area contributed by atoms with Gasteiger partial charge in [-0.1, -0.05) is 0 Å². The Balaban J connectivity index is 2.78. The van der Waals surface area contributed by atoms with Crippen molar-refractivity contribution in [2.75, 3.05) is 6.61 Å². The minimum absolute atomic E-state index is 0.102. The Morgan fingerprint density at radius 1 is 1.57 bits per heavy atom. The molecule has 1 aromatic carbocycles. The third-order valence-electron chi connectivity index (χ3n) is 1.46. The van der Waals surface area contributed by atoms with Crippen LogP contribution in [0.4, 0.5) is 4.39 Å². The van der Waals surface area contributed by atoms with Crippen molar-refractivity contribution in [2.24, 2.45) is 5.73 Å². The van der Waals surface area contributed by atoms with E-state index in [1.807, 2.05) is 0 Å². The van der Waals surface area contributed by atoms with Gasteiger partial charge in [-0.2, -0.15) is 0 Å². The van der Waals surface area contributed by atoms with Gasteiger partial charge < -0.3 is 10.5 Å². The monoisotopic (exact) mass is 197 g/mol. The van der Waals surface area contributed by atoms with Crippen molar-refractivity contribution in [2.45, 2.75) is 0 Å². The van der Waals surface area contributed by atoms with E-state index in [9.17, 15) is 14.0 Å². The van der Waals surface area contributed by atoms with Gasteiger partial charge in [0, 0.05) is 5.56 Å². The van der Waals surface area contributed by atoms with Crippen molar-refractivity contribution in [3.63, 3.8) is 0 Å². The summed E-state index contributed by atoms with van der Waals surface area (Å²) < 4.78 is 17.8. The number of hydrogen-bond acceptors (Lipinski definition) is 3. The van der Waals surface area contributed by atoms with Gasteiger partial charge in [-0.3, -0.25) is 9.59 Å². The van der Waals surface area contributed by atoms with Gasteiger partial charge in [0.1, 0.15) is 6.29 Å². The second kappa shape index (κ2) is 4.36. The second-order valence-corrected chi connectivity index (χ2v) is 2.56. The molecule has 0 saturated heterocycles. The molecule has 0 aliphatic carbocycles. The molecule has 14 heavy (non-hydrogen) atoms. The highest BCUT2D eigenvalue weighted by atomic mass is 19.1.